The predicted octanol–water partition coefficient (Wildman–Crippen LogP) is 9.78. The Morgan fingerprint density at radius 3 is 1.58 bits per heavy atom. The zero-order valence-corrected chi connectivity index (χ0v) is 44.1. The molecule has 2 aliphatic rings. The Morgan fingerprint density at radius 2 is 1.00 bits per heavy atom. The summed E-state index contributed by atoms with van der Waals surface area (Å²) in [5.41, 5.74) is 0. The van der Waals surface area contributed by atoms with Gasteiger partial charge in [-0.25, -0.2) is 9.13 Å². The Kier molecular flexibility index (Phi) is 35.3. The van der Waals surface area contributed by atoms with Crippen LogP contribution in [0.5, 0.6) is 0 Å². The van der Waals surface area contributed by atoms with E-state index in [1.807, 2.05) is 12.2 Å². The van der Waals surface area contributed by atoms with Gasteiger partial charge < -0.3 is 49.3 Å². The van der Waals surface area contributed by atoms with Crippen LogP contribution in [0.4, 0.5) is 0 Å². The van der Waals surface area contributed by atoms with Gasteiger partial charge >= 0.3 is 27.6 Å². The number of phosphoric acid groups is 2. The van der Waals surface area contributed by atoms with Gasteiger partial charge in [0, 0.05) is 12.8 Å². The van der Waals surface area contributed by atoms with E-state index in [4.69, 9.17) is 23.3 Å². The molecule has 0 aromatic rings. The minimum absolute atomic E-state index is 0.0120. The number of epoxide rings is 1. The Bertz CT molecular complexity index is 1710. The minimum Gasteiger partial charge on any atom is -0.462 e. The summed E-state index contributed by atoms with van der Waals surface area (Å²) in [6.07, 6.45) is 34.5. The highest BCUT2D eigenvalue weighted by Crippen LogP contribution is 2.49. The molecule has 10 atom stereocenters. The lowest BCUT2D eigenvalue weighted by atomic mass is 9.85. The van der Waals surface area contributed by atoms with Crippen LogP contribution in [0.2, 0.25) is 0 Å². The van der Waals surface area contributed by atoms with Crippen LogP contribution < -0.4 is 0 Å². The molecule has 17 nitrogen and oxygen atoms in total. The highest BCUT2D eigenvalue weighted by atomic mass is 31.2. The molecule has 0 amide bonds. The number of rotatable bonds is 42. The van der Waals surface area contributed by atoms with E-state index in [0.29, 0.717) is 31.5 Å². The van der Waals surface area contributed by atoms with Gasteiger partial charge in [-0.2, -0.15) is 0 Å². The normalized spacial score (nSPS) is 24.3. The number of aliphatic hydroxyl groups is 4. The van der Waals surface area contributed by atoms with Crippen molar-refractivity contribution in [1.82, 2.24) is 0 Å². The van der Waals surface area contributed by atoms with Crippen molar-refractivity contribution in [3.05, 3.63) is 72.9 Å². The molecule has 0 aromatic carbocycles. The fourth-order valence-corrected chi connectivity index (χ4v) is 9.31. The number of phosphoric ester groups is 2. The van der Waals surface area contributed by atoms with E-state index in [2.05, 4.69) is 79.1 Å². The van der Waals surface area contributed by atoms with Crippen molar-refractivity contribution >= 4 is 27.6 Å². The Balaban J connectivity index is 1.78. The van der Waals surface area contributed by atoms with Gasteiger partial charge in [-0.05, 0) is 83.5 Å². The molecule has 0 spiro atoms. The molecule has 2 rings (SSSR count). The lowest BCUT2D eigenvalue weighted by Crippen LogP contribution is -2.64. The third kappa shape index (κ3) is 32.3. The second-order valence-electron chi connectivity index (χ2n) is 18.3. The van der Waals surface area contributed by atoms with Crippen molar-refractivity contribution in [3.63, 3.8) is 0 Å². The SMILES string of the molecule is CCCCCC/C=C\C/C=C\C/C=C\CCCCCCCCC(=O)O[C@H](COC(=O)CCC/C=C\C/C=C\C/C=C\CC1OC1CCCCC)COP(=O)(O)O[C@H]1C(O)C(O)C(O)[C@@H](OP(=O)(O)O)C1O. The van der Waals surface area contributed by atoms with Crippen molar-refractivity contribution in [3.8, 4) is 0 Å². The van der Waals surface area contributed by atoms with E-state index in [-0.39, 0.29) is 12.8 Å². The lowest BCUT2D eigenvalue weighted by molar-refractivity contribution is -0.216. The molecule has 0 radical (unpaired) electrons. The van der Waals surface area contributed by atoms with Crippen LogP contribution in [0.25, 0.3) is 0 Å². The van der Waals surface area contributed by atoms with Crippen molar-refractivity contribution in [2.75, 3.05) is 13.2 Å². The molecular formula is C52H88O17P2. The third-order valence-corrected chi connectivity index (χ3v) is 13.4. The summed E-state index contributed by atoms with van der Waals surface area (Å²) in [7, 11) is -10.7. The van der Waals surface area contributed by atoms with Gasteiger partial charge in [0.05, 0.1) is 18.8 Å². The first-order valence-electron chi connectivity index (χ1n) is 26.1. The fraction of sp³-hybridized carbons (Fsp3) is 0.731. The van der Waals surface area contributed by atoms with E-state index in [9.17, 15) is 53.8 Å². The van der Waals surface area contributed by atoms with Crippen LogP contribution in [0.3, 0.4) is 0 Å². The predicted molar refractivity (Wildman–Crippen MR) is 273 cm³/mol. The molecule has 1 heterocycles. The molecule has 1 aliphatic carbocycles. The second-order valence-corrected chi connectivity index (χ2v) is 20.9. The van der Waals surface area contributed by atoms with Gasteiger partial charge in [-0.15, -0.1) is 0 Å². The summed E-state index contributed by atoms with van der Waals surface area (Å²) in [4.78, 5) is 54.4. The first kappa shape index (κ1) is 64.5. The third-order valence-electron chi connectivity index (χ3n) is 11.9. The van der Waals surface area contributed by atoms with Gasteiger partial charge in [-0.3, -0.25) is 23.2 Å². The van der Waals surface area contributed by atoms with Crippen molar-refractivity contribution in [2.24, 2.45) is 0 Å². The van der Waals surface area contributed by atoms with E-state index in [1.165, 1.54) is 44.9 Å². The highest BCUT2D eigenvalue weighted by Gasteiger charge is 2.54. The van der Waals surface area contributed by atoms with E-state index in [0.717, 1.165) is 83.5 Å². The molecule has 0 aromatic heterocycles. The van der Waals surface area contributed by atoms with Crippen molar-refractivity contribution < 1.29 is 81.6 Å². The number of carbonyl (C=O) groups is 2. The highest BCUT2D eigenvalue weighted by molar-refractivity contribution is 7.47. The Hall–Kier alpha value is -2.60. The number of aliphatic hydroxyl groups excluding tert-OH is 4. The molecule has 7 N–H and O–H groups in total. The average Bonchev–Trinajstić information content (AvgIpc) is 4.09. The van der Waals surface area contributed by atoms with E-state index >= 15 is 0 Å². The van der Waals surface area contributed by atoms with Crippen LogP contribution in [0, 0.1) is 0 Å². The van der Waals surface area contributed by atoms with Crippen LogP contribution in [0.1, 0.15) is 174 Å². The summed E-state index contributed by atoms with van der Waals surface area (Å²) in [5, 5.41) is 41.3. The molecular weight excluding hydrogens is 959 g/mol. The topological polar surface area (TPSA) is 269 Å². The lowest BCUT2D eigenvalue weighted by Gasteiger charge is -2.43. The number of ether oxygens (including phenoxy) is 3. The number of esters is 2. The van der Waals surface area contributed by atoms with Gasteiger partial charge in [0.15, 0.2) is 6.10 Å². The zero-order valence-electron chi connectivity index (χ0n) is 42.3. The van der Waals surface area contributed by atoms with Crippen LogP contribution in [-0.2, 0) is 46.5 Å². The van der Waals surface area contributed by atoms with Crippen LogP contribution >= 0.6 is 15.6 Å². The maximum atomic E-state index is 13.0. The molecule has 2 fully saturated rings. The van der Waals surface area contributed by atoms with Gasteiger partial charge in [-0.1, -0.05) is 151 Å². The van der Waals surface area contributed by atoms with Gasteiger partial charge in [0.25, 0.3) is 0 Å². The molecule has 408 valence electrons. The van der Waals surface area contributed by atoms with Gasteiger partial charge in [0.2, 0.25) is 0 Å². The van der Waals surface area contributed by atoms with Gasteiger partial charge in [0.1, 0.15) is 43.2 Å². The zero-order chi connectivity index (χ0) is 52.2. The summed E-state index contributed by atoms with van der Waals surface area (Å²) in [6.45, 7) is 3.01. The van der Waals surface area contributed by atoms with Crippen LogP contribution in [0.15, 0.2) is 72.9 Å². The molecule has 7 unspecified atom stereocenters. The maximum Gasteiger partial charge on any atom is 0.472 e. The number of unbranched alkanes of at least 4 members (excludes halogenated alkanes) is 13. The van der Waals surface area contributed by atoms with Crippen molar-refractivity contribution in [2.45, 2.75) is 229 Å². The summed E-state index contributed by atoms with van der Waals surface area (Å²) in [6, 6.07) is 0. The Morgan fingerprint density at radius 1 is 0.521 bits per heavy atom. The summed E-state index contributed by atoms with van der Waals surface area (Å²) in [5.74, 6) is -1.29. The summed E-state index contributed by atoms with van der Waals surface area (Å²) >= 11 is 0. The minimum atomic E-state index is -5.38. The molecule has 19 heteroatoms. The number of allylic oxidation sites excluding steroid dienone is 11. The second kappa shape index (κ2) is 38.9. The number of carbonyl (C=O) groups excluding carboxylic acids is 2. The maximum absolute atomic E-state index is 13.0. The monoisotopic (exact) mass is 1050 g/mol. The number of hydrogen-bond acceptors (Lipinski definition) is 14. The molecule has 1 saturated heterocycles. The summed E-state index contributed by atoms with van der Waals surface area (Å²) < 4.78 is 55.2. The quantitative estimate of drug-likeness (QED) is 0.00985. The first-order chi connectivity index (χ1) is 34.1. The molecule has 71 heavy (non-hydrogen) atoms. The van der Waals surface area contributed by atoms with Crippen molar-refractivity contribution in [1.29, 1.82) is 0 Å². The average molecular weight is 1050 g/mol. The molecule has 1 aliphatic heterocycles. The van der Waals surface area contributed by atoms with E-state index < -0.39 is 83.5 Å². The first-order valence-corrected chi connectivity index (χ1v) is 29.1. The molecule has 1 saturated carbocycles. The largest absolute Gasteiger partial charge is 0.472 e. The fourth-order valence-electron chi connectivity index (χ4n) is 7.77. The smallest absolute Gasteiger partial charge is 0.462 e. The molecule has 0 bridgehead atoms. The standard InChI is InChI=1S/C52H88O17P2/c1-3-5-7-8-9-10-11-12-13-14-15-16-17-18-19-20-25-28-31-35-39-46(54)66-42(41-65-71(62,63)69-52-49(57)47(55)48(56)51(50(52)58)68-70(59,60)61)40-64-45(53)38-34-30-27-24-22-21-23-26-29-33-37-44-43(67-44)36-32-6-4-2/h10-11,13-14,16-17,21,23-24,27,29,33,42-44,47-52,55-58H,3-9,12,15,18-20,22,25-26,28,30-32,34-41H2,1-2H3,(H,62,63)(H2,59,60,61)/b11-10-,14-13-,17-16-,23-21-,27-24-,33-29-/t42-,43?,44?,47?,48?,49?,50?,51-,52+/m1/s1. The van der Waals surface area contributed by atoms with Crippen LogP contribution in [-0.4, -0.2) is 115 Å². The Labute approximate surface area is 423 Å². The number of hydrogen-bond donors (Lipinski definition) is 7. The van der Waals surface area contributed by atoms with E-state index in [1.54, 1.807) is 0 Å².